The average Bonchev–Trinajstić information content (AvgIpc) is 2.55. The van der Waals surface area contributed by atoms with Crippen molar-refractivity contribution in [2.24, 2.45) is 7.05 Å². The predicted octanol–water partition coefficient (Wildman–Crippen LogP) is 1.68. The van der Waals surface area contributed by atoms with Gasteiger partial charge < -0.3 is 15.0 Å². The largest absolute Gasteiger partial charge is 0.396 e. The summed E-state index contributed by atoms with van der Waals surface area (Å²) in [6, 6.07) is 6.15. The lowest BCUT2D eigenvalue weighted by Crippen LogP contribution is -2.03. The smallest absolute Gasteiger partial charge is 0.106 e. The molecule has 1 heterocycles. The van der Waals surface area contributed by atoms with E-state index in [4.69, 9.17) is 5.11 Å². The van der Waals surface area contributed by atoms with Crippen LogP contribution in [0.15, 0.2) is 18.2 Å². The Morgan fingerprint density at radius 1 is 1.44 bits per heavy atom. The van der Waals surface area contributed by atoms with Gasteiger partial charge in [0.05, 0.1) is 11.0 Å². The molecule has 1 aromatic carbocycles. The molecule has 0 saturated heterocycles. The number of imidazole rings is 1. The lowest BCUT2D eigenvalue weighted by atomic mass is 10.2. The monoisotopic (exact) mass is 219 g/mol. The molecule has 4 heteroatoms. The summed E-state index contributed by atoms with van der Waals surface area (Å²) in [5.41, 5.74) is 3.21. The zero-order chi connectivity index (χ0) is 11.5. The van der Waals surface area contributed by atoms with Crippen molar-refractivity contribution in [2.45, 2.75) is 13.3 Å². The number of aromatic nitrogens is 2. The summed E-state index contributed by atoms with van der Waals surface area (Å²) >= 11 is 0. The van der Waals surface area contributed by atoms with Gasteiger partial charge >= 0.3 is 0 Å². The molecule has 0 unspecified atom stereocenters. The van der Waals surface area contributed by atoms with E-state index in [1.807, 2.05) is 26.1 Å². The van der Waals surface area contributed by atoms with Crippen LogP contribution in [0.3, 0.4) is 0 Å². The molecule has 0 atom stereocenters. The van der Waals surface area contributed by atoms with Crippen LogP contribution < -0.4 is 5.32 Å². The van der Waals surface area contributed by atoms with E-state index in [2.05, 4.69) is 20.9 Å². The van der Waals surface area contributed by atoms with E-state index in [0.29, 0.717) is 0 Å². The lowest BCUT2D eigenvalue weighted by Gasteiger charge is -2.04. The summed E-state index contributed by atoms with van der Waals surface area (Å²) in [5, 5.41) is 12.0. The second kappa shape index (κ2) is 4.53. The van der Waals surface area contributed by atoms with Crippen LogP contribution >= 0.6 is 0 Å². The number of hydrogen-bond donors (Lipinski definition) is 2. The van der Waals surface area contributed by atoms with Crippen molar-refractivity contribution in [3.05, 3.63) is 24.0 Å². The predicted molar refractivity (Wildman–Crippen MR) is 65.6 cm³/mol. The normalized spacial score (nSPS) is 10.9. The third-order valence-electron chi connectivity index (χ3n) is 2.77. The number of fused-ring (bicyclic) bond motifs is 1. The Balaban J connectivity index is 2.23. The zero-order valence-corrected chi connectivity index (χ0v) is 9.70. The molecule has 0 amide bonds. The molecule has 86 valence electrons. The van der Waals surface area contributed by atoms with Crippen molar-refractivity contribution in [1.82, 2.24) is 9.55 Å². The quantitative estimate of drug-likeness (QED) is 0.769. The van der Waals surface area contributed by atoms with Gasteiger partial charge in [0.25, 0.3) is 0 Å². The maximum absolute atomic E-state index is 8.70. The highest BCUT2D eigenvalue weighted by molar-refractivity contribution is 5.80. The Morgan fingerprint density at radius 2 is 2.25 bits per heavy atom. The van der Waals surface area contributed by atoms with Gasteiger partial charge in [-0.05, 0) is 31.5 Å². The number of benzene rings is 1. The lowest BCUT2D eigenvalue weighted by molar-refractivity contribution is 0.292. The molecule has 0 aliphatic carbocycles. The third kappa shape index (κ3) is 2.02. The van der Waals surface area contributed by atoms with Crippen molar-refractivity contribution in [2.75, 3.05) is 18.5 Å². The topological polar surface area (TPSA) is 50.1 Å². The van der Waals surface area contributed by atoms with Gasteiger partial charge in [-0.25, -0.2) is 4.98 Å². The van der Waals surface area contributed by atoms with E-state index < -0.39 is 0 Å². The number of rotatable bonds is 4. The van der Waals surface area contributed by atoms with E-state index in [9.17, 15) is 0 Å². The molecule has 0 bridgehead atoms. The molecule has 1 aromatic heterocycles. The molecular formula is C12H17N3O. The Hall–Kier alpha value is -1.55. The van der Waals surface area contributed by atoms with E-state index >= 15 is 0 Å². The SMILES string of the molecule is Cc1nc2cc(NCCCO)ccc2n1C. The van der Waals surface area contributed by atoms with Crippen molar-refractivity contribution in [3.63, 3.8) is 0 Å². The van der Waals surface area contributed by atoms with E-state index in [-0.39, 0.29) is 6.61 Å². The number of hydrogen-bond acceptors (Lipinski definition) is 3. The molecule has 0 radical (unpaired) electrons. The van der Waals surface area contributed by atoms with Crippen LogP contribution in [0, 0.1) is 6.92 Å². The number of anilines is 1. The Kier molecular flexibility index (Phi) is 3.10. The Bertz CT molecular complexity index is 490. The van der Waals surface area contributed by atoms with Crippen molar-refractivity contribution in [3.8, 4) is 0 Å². The second-order valence-electron chi connectivity index (χ2n) is 3.93. The molecule has 0 fully saturated rings. The van der Waals surface area contributed by atoms with Gasteiger partial charge in [0.1, 0.15) is 5.82 Å². The molecule has 2 N–H and O–H groups in total. The minimum Gasteiger partial charge on any atom is -0.396 e. The summed E-state index contributed by atoms with van der Waals surface area (Å²) < 4.78 is 2.08. The highest BCUT2D eigenvalue weighted by atomic mass is 16.3. The maximum atomic E-state index is 8.70. The summed E-state index contributed by atoms with van der Waals surface area (Å²) in [7, 11) is 2.02. The minimum absolute atomic E-state index is 0.220. The van der Waals surface area contributed by atoms with Gasteiger partial charge in [-0.3, -0.25) is 0 Å². The average molecular weight is 219 g/mol. The van der Waals surface area contributed by atoms with Crippen LogP contribution in [0.1, 0.15) is 12.2 Å². The number of nitrogens with one attached hydrogen (secondary N) is 1. The molecule has 0 spiro atoms. The molecular weight excluding hydrogens is 202 g/mol. The van der Waals surface area contributed by atoms with Crippen LogP contribution in [-0.4, -0.2) is 27.8 Å². The van der Waals surface area contributed by atoms with Gasteiger partial charge in [-0.1, -0.05) is 0 Å². The highest BCUT2D eigenvalue weighted by Crippen LogP contribution is 2.19. The van der Waals surface area contributed by atoms with Gasteiger partial charge in [0.15, 0.2) is 0 Å². The van der Waals surface area contributed by atoms with Gasteiger partial charge in [-0.15, -0.1) is 0 Å². The van der Waals surface area contributed by atoms with E-state index in [0.717, 1.165) is 35.5 Å². The first-order valence-corrected chi connectivity index (χ1v) is 5.50. The van der Waals surface area contributed by atoms with E-state index in [1.54, 1.807) is 0 Å². The number of aliphatic hydroxyl groups excluding tert-OH is 1. The molecule has 2 rings (SSSR count). The van der Waals surface area contributed by atoms with Crippen molar-refractivity contribution >= 4 is 16.7 Å². The molecule has 2 aromatic rings. The first-order valence-electron chi connectivity index (χ1n) is 5.50. The maximum Gasteiger partial charge on any atom is 0.106 e. The van der Waals surface area contributed by atoms with Crippen molar-refractivity contribution in [1.29, 1.82) is 0 Å². The Morgan fingerprint density at radius 3 is 3.00 bits per heavy atom. The fourth-order valence-electron chi connectivity index (χ4n) is 1.74. The van der Waals surface area contributed by atoms with E-state index in [1.165, 1.54) is 0 Å². The summed E-state index contributed by atoms with van der Waals surface area (Å²) in [4.78, 5) is 4.48. The van der Waals surface area contributed by atoms with Gasteiger partial charge in [0.2, 0.25) is 0 Å². The molecule has 0 aliphatic heterocycles. The first-order chi connectivity index (χ1) is 7.72. The van der Waals surface area contributed by atoms with Gasteiger partial charge in [0, 0.05) is 25.9 Å². The summed E-state index contributed by atoms with van der Waals surface area (Å²) in [6.07, 6.45) is 0.763. The first kappa shape index (κ1) is 11.0. The summed E-state index contributed by atoms with van der Waals surface area (Å²) in [6.45, 7) is 3.00. The molecule has 0 saturated carbocycles. The second-order valence-corrected chi connectivity index (χ2v) is 3.93. The standard InChI is InChI=1S/C12H17N3O/c1-9-14-11-8-10(13-6-3-7-16)4-5-12(11)15(9)2/h4-5,8,13,16H,3,6-7H2,1-2H3. The van der Waals surface area contributed by atoms with Crippen LogP contribution in [0.2, 0.25) is 0 Å². The van der Waals surface area contributed by atoms with Crippen LogP contribution in [0.4, 0.5) is 5.69 Å². The number of nitrogens with zero attached hydrogens (tertiary/aromatic N) is 2. The van der Waals surface area contributed by atoms with Crippen molar-refractivity contribution < 1.29 is 5.11 Å². The molecule has 16 heavy (non-hydrogen) atoms. The van der Waals surface area contributed by atoms with Crippen LogP contribution in [-0.2, 0) is 7.05 Å². The highest BCUT2D eigenvalue weighted by Gasteiger charge is 2.04. The fourth-order valence-corrected chi connectivity index (χ4v) is 1.74. The molecule has 0 aliphatic rings. The third-order valence-corrected chi connectivity index (χ3v) is 2.77. The fraction of sp³-hybridized carbons (Fsp3) is 0.417. The Labute approximate surface area is 94.9 Å². The minimum atomic E-state index is 0.220. The number of aliphatic hydroxyl groups is 1. The summed E-state index contributed by atoms with van der Waals surface area (Å²) in [5.74, 6) is 1.02. The zero-order valence-electron chi connectivity index (χ0n) is 9.70. The van der Waals surface area contributed by atoms with Crippen LogP contribution in [0.5, 0.6) is 0 Å². The molecule has 4 nitrogen and oxygen atoms in total. The van der Waals surface area contributed by atoms with Crippen LogP contribution in [0.25, 0.3) is 11.0 Å². The van der Waals surface area contributed by atoms with Gasteiger partial charge in [-0.2, -0.15) is 0 Å². The number of aryl methyl sites for hydroxylation is 2.